The zero-order valence-electron chi connectivity index (χ0n) is 11.1. The van der Waals surface area contributed by atoms with Crippen LogP contribution < -0.4 is 5.32 Å². The average Bonchev–Trinajstić information content (AvgIpc) is 2.35. The van der Waals surface area contributed by atoms with E-state index in [0.717, 1.165) is 18.2 Å². The predicted molar refractivity (Wildman–Crippen MR) is 69.4 cm³/mol. The van der Waals surface area contributed by atoms with Gasteiger partial charge in [0.15, 0.2) is 0 Å². The minimum Gasteiger partial charge on any atom is -0.349 e. The van der Waals surface area contributed by atoms with Crippen LogP contribution in [0.3, 0.4) is 0 Å². The fourth-order valence-corrected chi connectivity index (χ4v) is 1.79. The van der Waals surface area contributed by atoms with Gasteiger partial charge in [-0.3, -0.25) is 14.9 Å². The maximum absolute atomic E-state index is 13.6. The normalized spacial score (nSPS) is 12.3. The number of carbonyl (C=O) groups is 1. The molecule has 1 amide bonds. The maximum Gasteiger partial charge on any atom is 0.270 e. The van der Waals surface area contributed by atoms with Crippen LogP contribution in [0.4, 0.5) is 10.1 Å². The van der Waals surface area contributed by atoms with Gasteiger partial charge in [0.2, 0.25) is 0 Å². The number of non-ortho nitro benzene ring substituents is 1. The van der Waals surface area contributed by atoms with Crippen molar-refractivity contribution in [2.75, 3.05) is 0 Å². The number of nitro groups is 1. The third-order valence-corrected chi connectivity index (χ3v) is 2.97. The minimum absolute atomic E-state index is 0.0915. The van der Waals surface area contributed by atoms with Gasteiger partial charge in [-0.1, -0.05) is 20.8 Å². The van der Waals surface area contributed by atoms with E-state index in [0.29, 0.717) is 6.42 Å². The Labute approximate surface area is 111 Å². The maximum atomic E-state index is 13.6. The van der Waals surface area contributed by atoms with Crippen LogP contribution in [0.1, 0.15) is 37.6 Å². The minimum atomic E-state index is -0.762. The quantitative estimate of drug-likeness (QED) is 0.659. The summed E-state index contributed by atoms with van der Waals surface area (Å²) in [7, 11) is 0. The summed E-state index contributed by atoms with van der Waals surface area (Å²) in [4.78, 5) is 21.9. The van der Waals surface area contributed by atoms with Crippen LogP contribution >= 0.6 is 0 Å². The first-order valence-corrected chi connectivity index (χ1v) is 6.11. The fraction of sp³-hybridized carbons (Fsp3) is 0.462. The van der Waals surface area contributed by atoms with Crippen LogP contribution in [0.25, 0.3) is 0 Å². The lowest BCUT2D eigenvalue weighted by Gasteiger charge is -2.20. The number of benzene rings is 1. The molecule has 1 unspecified atom stereocenters. The van der Waals surface area contributed by atoms with Gasteiger partial charge >= 0.3 is 0 Å². The fourth-order valence-electron chi connectivity index (χ4n) is 1.79. The van der Waals surface area contributed by atoms with Gasteiger partial charge in [0, 0.05) is 18.2 Å². The van der Waals surface area contributed by atoms with Gasteiger partial charge < -0.3 is 5.32 Å². The van der Waals surface area contributed by atoms with Crippen LogP contribution in [0.2, 0.25) is 0 Å². The van der Waals surface area contributed by atoms with E-state index in [1.807, 2.05) is 20.8 Å². The van der Waals surface area contributed by atoms with Crippen LogP contribution in [0.5, 0.6) is 0 Å². The highest BCUT2D eigenvalue weighted by Gasteiger charge is 2.20. The van der Waals surface area contributed by atoms with Gasteiger partial charge in [-0.2, -0.15) is 0 Å². The summed E-state index contributed by atoms with van der Waals surface area (Å²) in [5, 5.41) is 13.3. The first kappa shape index (κ1) is 15.1. The predicted octanol–water partition coefficient (Wildman–Crippen LogP) is 2.90. The Bertz CT molecular complexity index is 489. The molecule has 0 bridgehead atoms. The van der Waals surface area contributed by atoms with Crippen molar-refractivity contribution in [1.29, 1.82) is 0 Å². The standard InChI is InChI=1S/C13H17FN2O3/c1-4-12(8(2)3)15-13(17)10-7-9(16(18)19)5-6-11(10)14/h5-8,12H,4H2,1-3H3,(H,15,17). The van der Waals surface area contributed by atoms with Crippen molar-refractivity contribution in [3.63, 3.8) is 0 Å². The Balaban J connectivity index is 2.99. The van der Waals surface area contributed by atoms with E-state index in [-0.39, 0.29) is 23.2 Å². The molecule has 0 saturated carbocycles. The van der Waals surface area contributed by atoms with Crippen molar-refractivity contribution in [2.45, 2.75) is 33.2 Å². The molecule has 0 aromatic heterocycles. The first-order valence-electron chi connectivity index (χ1n) is 6.11. The van der Waals surface area contributed by atoms with Gasteiger partial charge in [0.25, 0.3) is 11.6 Å². The molecule has 0 aliphatic heterocycles. The highest BCUT2D eigenvalue weighted by Crippen LogP contribution is 2.17. The van der Waals surface area contributed by atoms with E-state index in [2.05, 4.69) is 5.32 Å². The number of amides is 1. The van der Waals surface area contributed by atoms with Crippen molar-refractivity contribution < 1.29 is 14.1 Å². The third-order valence-electron chi connectivity index (χ3n) is 2.97. The highest BCUT2D eigenvalue weighted by atomic mass is 19.1. The lowest BCUT2D eigenvalue weighted by molar-refractivity contribution is -0.384. The summed E-state index contributed by atoms with van der Waals surface area (Å²) in [6, 6.07) is 2.83. The number of hydrogen-bond acceptors (Lipinski definition) is 3. The molecular formula is C13H17FN2O3. The summed E-state index contributed by atoms with van der Waals surface area (Å²) in [6.45, 7) is 5.80. The molecule has 0 spiro atoms. The van der Waals surface area contributed by atoms with Gasteiger partial charge in [0.05, 0.1) is 10.5 Å². The SMILES string of the molecule is CCC(NC(=O)c1cc([N+](=O)[O-])ccc1F)C(C)C. The molecule has 0 radical (unpaired) electrons. The Morgan fingerprint density at radius 1 is 1.47 bits per heavy atom. The van der Waals surface area contributed by atoms with Crippen LogP contribution in [-0.2, 0) is 0 Å². The second-order valence-corrected chi connectivity index (χ2v) is 4.65. The van der Waals surface area contributed by atoms with Crippen LogP contribution in [0, 0.1) is 21.8 Å². The van der Waals surface area contributed by atoms with E-state index in [1.54, 1.807) is 0 Å². The van der Waals surface area contributed by atoms with Gasteiger partial charge in [0.1, 0.15) is 5.82 Å². The number of hydrogen-bond donors (Lipinski definition) is 1. The largest absolute Gasteiger partial charge is 0.349 e. The van der Waals surface area contributed by atoms with E-state index >= 15 is 0 Å². The number of nitrogens with one attached hydrogen (secondary N) is 1. The molecular weight excluding hydrogens is 251 g/mol. The molecule has 1 rings (SSSR count). The number of nitro benzene ring substituents is 1. The van der Waals surface area contributed by atoms with E-state index < -0.39 is 16.6 Å². The third kappa shape index (κ3) is 3.74. The molecule has 0 aliphatic carbocycles. The smallest absolute Gasteiger partial charge is 0.270 e. The average molecular weight is 268 g/mol. The molecule has 1 aromatic rings. The van der Waals surface area contributed by atoms with E-state index in [4.69, 9.17) is 0 Å². The zero-order chi connectivity index (χ0) is 14.6. The van der Waals surface area contributed by atoms with Crippen molar-refractivity contribution in [1.82, 2.24) is 5.32 Å². The van der Waals surface area contributed by atoms with Crippen molar-refractivity contribution >= 4 is 11.6 Å². The summed E-state index contributed by atoms with van der Waals surface area (Å²) in [5.74, 6) is -1.18. The molecule has 104 valence electrons. The summed E-state index contributed by atoms with van der Waals surface area (Å²) < 4.78 is 13.6. The molecule has 0 heterocycles. The summed E-state index contributed by atoms with van der Waals surface area (Å²) in [5.41, 5.74) is -0.600. The van der Waals surface area contributed by atoms with Gasteiger partial charge in [-0.15, -0.1) is 0 Å². The molecule has 1 aromatic carbocycles. The number of halogens is 1. The Morgan fingerprint density at radius 2 is 2.11 bits per heavy atom. The Hall–Kier alpha value is -1.98. The van der Waals surface area contributed by atoms with E-state index in [1.165, 1.54) is 0 Å². The highest BCUT2D eigenvalue weighted by molar-refractivity contribution is 5.95. The molecule has 1 N–H and O–H groups in total. The number of nitrogens with zero attached hydrogens (tertiary/aromatic N) is 1. The van der Waals surface area contributed by atoms with Crippen LogP contribution in [-0.4, -0.2) is 16.9 Å². The van der Waals surface area contributed by atoms with Crippen molar-refractivity contribution in [3.05, 3.63) is 39.7 Å². The zero-order valence-corrected chi connectivity index (χ0v) is 11.1. The van der Waals surface area contributed by atoms with Crippen LogP contribution in [0.15, 0.2) is 18.2 Å². The van der Waals surface area contributed by atoms with Gasteiger partial charge in [-0.25, -0.2) is 4.39 Å². The summed E-state index contributed by atoms with van der Waals surface area (Å²) in [6.07, 6.45) is 0.708. The monoisotopic (exact) mass is 268 g/mol. The molecule has 0 fully saturated rings. The second-order valence-electron chi connectivity index (χ2n) is 4.65. The summed E-state index contributed by atoms with van der Waals surface area (Å²) >= 11 is 0. The van der Waals surface area contributed by atoms with Crippen molar-refractivity contribution in [2.24, 2.45) is 5.92 Å². The lowest BCUT2D eigenvalue weighted by Crippen LogP contribution is -2.38. The first-order chi connectivity index (χ1) is 8.86. The molecule has 0 saturated heterocycles. The molecule has 5 nitrogen and oxygen atoms in total. The molecule has 6 heteroatoms. The molecule has 19 heavy (non-hydrogen) atoms. The van der Waals surface area contributed by atoms with E-state index in [9.17, 15) is 19.3 Å². The Morgan fingerprint density at radius 3 is 2.58 bits per heavy atom. The Kier molecular flexibility index (Phi) is 4.97. The molecule has 1 atom stereocenters. The number of rotatable bonds is 5. The second kappa shape index (κ2) is 6.26. The van der Waals surface area contributed by atoms with Gasteiger partial charge in [-0.05, 0) is 18.4 Å². The van der Waals surface area contributed by atoms with Crippen molar-refractivity contribution in [3.8, 4) is 0 Å². The topological polar surface area (TPSA) is 72.2 Å². The number of carbonyl (C=O) groups excluding carboxylic acids is 1. The lowest BCUT2D eigenvalue weighted by atomic mass is 10.0. The molecule has 0 aliphatic rings.